The minimum atomic E-state index is -0.431. The lowest BCUT2D eigenvalue weighted by molar-refractivity contribution is -0.122. The van der Waals surface area contributed by atoms with Crippen molar-refractivity contribution in [1.82, 2.24) is 10.3 Å². The van der Waals surface area contributed by atoms with Gasteiger partial charge in [-0.15, -0.1) is 12.4 Å². The Morgan fingerprint density at radius 2 is 2.23 bits per heavy atom. The van der Waals surface area contributed by atoms with Gasteiger partial charge in [0.15, 0.2) is 5.13 Å². The van der Waals surface area contributed by atoms with Gasteiger partial charge in [0.2, 0.25) is 5.91 Å². The second-order valence-corrected chi connectivity index (χ2v) is 5.62. The van der Waals surface area contributed by atoms with E-state index >= 15 is 0 Å². The molecule has 1 atom stereocenters. The lowest BCUT2D eigenvalue weighted by atomic mass is 10.2. The molecule has 0 aliphatic heterocycles. The molecular weight excluding hydrogens is 324 g/mol. The lowest BCUT2D eigenvalue weighted by Gasteiger charge is -2.09. The van der Waals surface area contributed by atoms with Gasteiger partial charge in [-0.2, -0.15) is 0 Å². The highest BCUT2D eigenvalue weighted by molar-refractivity contribution is 7.22. The van der Waals surface area contributed by atoms with Crippen LogP contribution in [-0.4, -0.2) is 37.1 Å². The van der Waals surface area contributed by atoms with E-state index in [1.165, 1.54) is 0 Å². The zero-order valence-electron chi connectivity index (χ0n) is 12.6. The van der Waals surface area contributed by atoms with Gasteiger partial charge in [0.1, 0.15) is 5.75 Å². The van der Waals surface area contributed by atoms with Gasteiger partial charge in [-0.05, 0) is 24.6 Å². The molecule has 1 amide bonds. The number of benzene rings is 1. The van der Waals surface area contributed by atoms with E-state index in [4.69, 9.17) is 10.5 Å². The molecule has 1 aromatic heterocycles. The Labute approximate surface area is 139 Å². The Balaban J connectivity index is 0.00000242. The summed E-state index contributed by atoms with van der Waals surface area (Å²) in [6.45, 7) is 3.02. The molecular formula is C14H21ClN4O2S. The molecule has 0 radical (unpaired) electrons. The van der Waals surface area contributed by atoms with Gasteiger partial charge < -0.3 is 21.1 Å². The lowest BCUT2D eigenvalue weighted by Crippen LogP contribution is -2.41. The third-order valence-electron chi connectivity index (χ3n) is 3.07. The van der Waals surface area contributed by atoms with Crippen LogP contribution in [0.15, 0.2) is 18.2 Å². The first-order chi connectivity index (χ1) is 10.1. The number of carbonyl (C=O) groups is 1. The molecule has 1 aromatic carbocycles. The van der Waals surface area contributed by atoms with E-state index in [0.717, 1.165) is 21.1 Å². The molecule has 22 heavy (non-hydrogen) atoms. The van der Waals surface area contributed by atoms with Gasteiger partial charge in [-0.25, -0.2) is 4.98 Å². The molecule has 2 aromatic rings. The Morgan fingerprint density at radius 1 is 1.45 bits per heavy atom. The molecule has 0 fully saturated rings. The normalized spacial score (nSPS) is 11.6. The summed E-state index contributed by atoms with van der Waals surface area (Å²) in [4.78, 5) is 16.0. The summed E-state index contributed by atoms with van der Waals surface area (Å²) in [6.07, 6.45) is 0.638. The maximum atomic E-state index is 11.5. The fourth-order valence-electron chi connectivity index (χ4n) is 1.78. The smallest absolute Gasteiger partial charge is 0.236 e. The number of fused-ring (bicyclic) bond motifs is 1. The molecule has 2 rings (SSSR count). The van der Waals surface area contributed by atoms with Crippen LogP contribution in [0.2, 0.25) is 0 Å². The van der Waals surface area contributed by atoms with Crippen molar-refractivity contribution < 1.29 is 9.53 Å². The number of thiazole rings is 1. The number of carbonyl (C=O) groups excluding carboxylic acids is 1. The van der Waals surface area contributed by atoms with Crippen molar-refractivity contribution in [3.05, 3.63) is 18.2 Å². The number of hydrogen-bond donors (Lipinski definition) is 3. The quantitative estimate of drug-likeness (QED) is 0.668. The fraction of sp³-hybridized carbons (Fsp3) is 0.429. The molecule has 0 aliphatic rings. The summed E-state index contributed by atoms with van der Waals surface area (Å²) in [7, 11) is 1.64. The summed E-state index contributed by atoms with van der Waals surface area (Å²) in [5, 5.41) is 6.81. The summed E-state index contributed by atoms with van der Waals surface area (Å²) in [5.41, 5.74) is 6.56. The monoisotopic (exact) mass is 344 g/mol. The van der Waals surface area contributed by atoms with Crippen LogP contribution in [0.4, 0.5) is 5.13 Å². The first-order valence-corrected chi connectivity index (χ1v) is 7.67. The van der Waals surface area contributed by atoms with Gasteiger partial charge in [-0.3, -0.25) is 4.79 Å². The van der Waals surface area contributed by atoms with Crippen molar-refractivity contribution in [2.24, 2.45) is 5.73 Å². The van der Waals surface area contributed by atoms with E-state index in [-0.39, 0.29) is 18.3 Å². The average Bonchev–Trinajstić information content (AvgIpc) is 2.91. The molecule has 0 bridgehead atoms. The van der Waals surface area contributed by atoms with Crippen LogP contribution in [-0.2, 0) is 4.79 Å². The first kappa shape index (κ1) is 18.5. The first-order valence-electron chi connectivity index (χ1n) is 6.85. The number of aromatic nitrogens is 1. The van der Waals surface area contributed by atoms with Gasteiger partial charge in [0.05, 0.1) is 23.4 Å². The van der Waals surface area contributed by atoms with Crippen LogP contribution in [0.25, 0.3) is 10.2 Å². The highest BCUT2D eigenvalue weighted by atomic mass is 35.5. The second kappa shape index (κ2) is 8.77. The number of nitrogens with two attached hydrogens (primary N) is 1. The van der Waals surface area contributed by atoms with Crippen LogP contribution >= 0.6 is 23.7 Å². The average molecular weight is 345 g/mol. The van der Waals surface area contributed by atoms with Gasteiger partial charge in [0, 0.05) is 13.1 Å². The summed E-state index contributed by atoms with van der Waals surface area (Å²) in [5.74, 6) is 0.701. The zero-order chi connectivity index (χ0) is 15.2. The molecule has 0 aliphatic carbocycles. The van der Waals surface area contributed by atoms with Crippen LogP contribution in [0, 0.1) is 0 Å². The predicted molar refractivity (Wildman–Crippen MR) is 93.2 cm³/mol. The molecule has 122 valence electrons. The number of amides is 1. The van der Waals surface area contributed by atoms with E-state index in [9.17, 15) is 4.79 Å². The Bertz CT molecular complexity index is 620. The van der Waals surface area contributed by atoms with Crippen molar-refractivity contribution in [2.75, 3.05) is 25.5 Å². The number of halogens is 1. The van der Waals surface area contributed by atoms with Crippen molar-refractivity contribution in [1.29, 1.82) is 0 Å². The Kier molecular flexibility index (Phi) is 7.37. The number of nitrogens with one attached hydrogen (secondary N) is 2. The molecule has 4 N–H and O–H groups in total. The third-order valence-corrected chi connectivity index (χ3v) is 4.05. The second-order valence-electron chi connectivity index (χ2n) is 4.59. The minimum Gasteiger partial charge on any atom is -0.497 e. The molecule has 0 unspecified atom stereocenters. The molecule has 1 heterocycles. The molecule has 8 heteroatoms. The number of anilines is 1. The van der Waals surface area contributed by atoms with Crippen LogP contribution in [0.3, 0.4) is 0 Å². The number of ether oxygens (including phenoxy) is 1. The summed E-state index contributed by atoms with van der Waals surface area (Å²) in [6, 6.07) is 5.34. The zero-order valence-corrected chi connectivity index (χ0v) is 14.2. The minimum absolute atomic E-state index is 0. The van der Waals surface area contributed by atoms with Crippen molar-refractivity contribution in [2.45, 2.75) is 19.4 Å². The number of methoxy groups -OCH3 is 1. The maximum absolute atomic E-state index is 11.5. The van der Waals surface area contributed by atoms with Gasteiger partial charge in [-0.1, -0.05) is 18.3 Å². The standard InChI is InChI=1S/C14H20N4O2S.ClH/c1-3-10(15)13(19)16-6-7-17-14-18-11-5-4-9(20-2)8-12(11)21-14;/h4-5,8,10H,3,6-7,15H2,1-2H3,(H,16,19)(H,17,18);1H/t10-;/m0./s1. The van der Waals surface area contributed by atoms with Gasteiger partial charge in [0.25, 0.3) is 0 Å². The highest BCUT2D eigenvalue weighted by Crippen LogP contribution is 2.28. The molecule has 0 spiro atoms. The Hall–Kier alpha value is -1.57. The summed E-state index contributed by atoms with van der Waals surface area (Å²) >= 11 is 1.56. The Morgan fingerprint density at radius 3 is 2.91 bits per heavy atom. The van der Waals surface area contributed by atoms with E-state index in [1.807, 2.05) is 25.1 Å². The molecule has 0 saturated heterocycles. The van der Waals surface area contributed by atoms with E-state index in [0.29, 0.717) is 19.5 Å². The summed E-state index contributed by atoms with van der Waals surface area (Å²) < 4.78 is 6.25. The SMILES string of the molecule is CC[C@H](N)C(=O)NCCNc1nc2ccc(OC)cc2s1.Cl. The van der Waals surface area contributed by atoms with E-state index < -0.39 is 6.04 Å². The third kappa shape index (κ3) is 4.72. The van der Waals surface area contributed by atoms with Crippen molar-refractivity contribution in [3.63, 3.8) is 0 Å². The van der Waals surface area contributed by atoms with E-state index in [1.54, 1.807) is 18.4 Å². The van der Waals surface area contributed by atoms with Crippen LogP contribution < -0.4 is 21.1 Å². The largest absolute Gasteiger partial charge is 0.497 e. The van der Waals surface area contributed by atoms with E-state index in [2.05, 4.69) is 15.6 Å². The predicted octanol–water partition coefficient (Wildman–Crippen LogP) is 1.99. The number of rotatable bonds is 7. The maximum Gasteiger partial charge on any atom is 0.236 e. The van der Waals surface area contributed by atoms with Crippen LogP contribution in [0.1, 0.15) is 13.3 Å². The van der Waals surface area contributed by atoms with Crippen molar-refractivity contribution in [3.8, 4) is 5.75 Å². The van der Waals surface area contributed by atoms with Gasteiger partial charge >= 0.3 is 0 Å². The topological polar surface area (TPSA) is 89.3 Å². The number of nitrogens with zero attached hydrogens (tertiary/aromatic N) is 1. The molecule has 0 saturated carbocycles. The van der Waals surface area contributed by atoms with Crippen LogP contribution in [0.5, 0.6) is 5.75 Å². The number of hydrogen-bond acceptors (Lipinski definition) is 6. The molecule has 6 nitrogen and oxygen atoms in total. The fourth-order valence-corrected chi connectivity index (χ4v) is 2.70. The van der Waals surface area contributed by atoms with Crippen molar-refractivity contribution >= 4 is 45.0 Å². The highest BCUT2D eigenvalue weighted by Gasteiger charge is 2.09.